The number of rotatable bonds is 6. The maximum Gasteiger partial charge on any atom is 0.324 e. The summed E-state index contributed by atoms with van der Waals surface area (Å²) < 4.78 is 1.00. The lowest BCUT2D eigenvalue weighted by Crippen LogP contribution is -2.51. The first kappa shape index (κ1) is 14.5. The summed E-state index contributed by atoms with van der Waals surface area (Å²) in [6.45, 7) is 4.26. The van der Waals surface area contributed by atoms with Crippen molar-refractivity contribution in [3.63, 3.8) is 0 Å². The number of hydrogen-bond donors (Lipinski definition) is 2. The maximum atomic E-state index is 11.2. The second-order valence-corrected chi connectivity index (χ2v) is 5.88. The Bertz CT molecular complexity index is 400. The lowest BCUT2D eigenvalue weighted by molar-refractivity contribution is -0.143. The molecule has 0 amide bonds. The Morgan fingerprint density at radius 1 is 1.59 bits per heavy atom. The Balaban J connectivity index is 2.67. The third-order valence-electron chi connectivity index (χ3n) is 2.36. The number of carboxylic acid groups (broad SMARTS) is 1. The lowest BCUT2D eigenvalue weighted by Gasteiger charge is -2.25. The molecule has 3 nitrogen and oxygen atoms in total. The molecule has 0 saturated carbocycles. The molecule has 5 heteroatoms. The summed E-state index contributed by atoms with van der Waals surface area (Å²) in [5.41, 5.74) is -0.887. The topological polar surface area (TPSA) is 49.3 Å². The number of aliphatic carboxylic acids is 1. The molecule has 1 rings (SSSR count). The highest BCUT2D eigenvalue weighted by Crippen LogP contribution is 2.25. The second-order valence-electron chi connectivity index (χ2n) is 3.91. The zero-order valence-corrected chi connectivity index (χ0v) is 12.3. The van der Waals surface area contributed by atoms with Gasteiger partial charge in [0.1, 0.15) is 5.54 Å². The van der Waals surface area contributed by atoms with Gasteiger partial charge in [0.25, 0.3) is 0 Å². The van der Waals surface area contributed by atoms with Crippen molar-refractivity contribution < 1.29 is 9.90 Å². The van der Waals surface area contributed by atoms with Crippen LogP contribution in [0.15, 0.2) is 33.6 Å². The highest BCUT2D eigenvalue weighted by Gasteiger charge is 2.31. The minimum absolute atomic E-state index is 0.493. The molecule has 0 aliphatic carbocycles. The lowest BCUT2D eigenvalue weighted by atomic mass is 10.1. The highest BCUT2D eigenvalue weighted by atomic mass is 79.9. The Kier molecular flexibility index (Phi) is 5.49. The predicted molar refractivity (Wildman–Crippen MR) is 74.6 cm³/mol. The average molecular weight is 318 g/mol. The van der Waals surface area contributed by atoms with Crippen molar-refractivity contribution in [1.82, 2.24) is 5.32 Å². The number of hydrogen-bond acceptors (Lipinski definition) is 3. The number of carbonyl (C=O) groups is 1. The van der Waals surface area contributed by atoms with Gasteiger partial charge in [0.2, 0.25) is 0 Å². The zero-order chi connectivity index (χ0) is 12.9. The van der Waals surface area contributed by atoms with Crippen LogP contribution in [0, 0.1) is 0 Å². The summed E-state index contributed by atoms with van der Waals surface area (Å²) in [5, 5.41) is 12.2. The van der Waals surface area contributed by atoms with Crippen molar-refractivity contribution >= 4 is 33.7 Å². The standard InChI is InChI=1S/C12H16BrNO2S/c1-3-14-12(2,11(15)16)8-17-10-6-4-5-9(13)7-10/h4-7,14H,3,8H2,1-2H3,(H,15,16). The predicted octanol–water partition coefficient (Wildman–Crippen LogP) is 2.99. The van der Waals surface area contributed by atoms with E-state index in [1.165, 1.54) is 11.8 Å². The molecule has 17 heavy (non-hydrogen) atoms. The minimum Gasteiger partial charge on any atom is -0.480 e. The van der Waals surface area contributed by atoms with Gasteiger partial charge in [-0.2, -0.15) is 0 Å². The van der Waals surface area contributed by atoms with E-state index in [4.69, 9.17) is 0 Å². The number of likely N-dealkylation sites (N-methyl/N-ethyl adjacent to an activating group) is 1. The molecule has 0 radical (unpaired) electrons. The molecular weight excluding hydrogens is 302 g/mol. The molecule has 0 fully saturated rings. The van der Waals surface area contributed by atoms with Gasteiger partial charge in [0.05, 0.1) is 0 Å². The molecule has 0 spiro atoms. The van der Waals surface area contributed by atoms with Crippen molar-refractivity contribution in [3.8, 4) is 0 Å². The molecule has 2 N–H and O–H groups in total. The van der Waals surface area contributed by atoms with Crippen molar-refractivity contribution in [3.05, 3.63) is 28.7 Å². The summed E-state index contributed by atoms with van der Waals surface area (Å²) >= 11 is 4.93. The van der Waals surface area contributed by atoms with Crippen LogP contribution in [0.2, 0.25) is 0 Å². The zero-order valence-electron chi connectivity index (χ0n) is 9.87. The van der Waals surface area contributed by atoms with Crippen molar-refractivity contribution in [2.75, 3.05) is 12.3 Å². The Hall–Kier alpha value is -0.520. The van der Waals surface area contributed by atoms with Gasteiger partial charge in [-0.25, -0.2) is 0 Å². The molecule has 0 saturated heterocycles. The fourth-order valence-electron chi connectivity index (χ4n) is 1.36. The molecule has 1 aromatic rings. The quantitative estimate of drug-likeness (QED) is 0.792. The van der Waals surface area contributed by atoms with Gasteiger partial charge in [-0.1, -0.05) is 28.9 Å². The van der Waals surface area contributed by atoms with Crippen LogP contribution in [0.3, 0.4) is 0 Å². The van der Waals surface area contributed by atoms with Crippen LogP contribution in [-0.4, -0.2) is 28.9 Å². The van der Waals surface area contributed by atoms with E-state index in [1.54, 1.807) is 6.92 Å². The van der Waals surface area contributed by atoms with Gasteiger partial charge in [0, 0.05) is 15.1 Å². The van der Waals surface area contributed by atoms with Crippen LogP contribution in [-0.2, 0) is 4.79 Å². The van der Waals surface area contributed by atoms with Gasteiger partial charge < -0.3 is 10.4 Å². The molecular formula is C12H16BrNO2S. The molecule has 1 aromatic carbocycles. The molecule has 0 aliphatic heterocycles. The first-order chi connectivity index (χ1) is 7.98. The molecule has 0 aliphatic rings. The van der Waals surface area contributed by atoms with Crippen LogP contribution < -0.4 is 5.32 Å². The van der Waals surface area contributed by atoms with E-state index in [0.717, 1.165) is 9.37 Å². The van der Waals surface area contributed by atoms with Crippen LogP contribution in [0.25, 0.3) is 0 Å². The summed E-state index contributed by atoms with van der Waals surface area (Å²) in [5.74, 6) is -0.325. The first-order valence-electron chi connectivity index (χ1n) is 5.35. The number of nitrogens with one attached hydrogen (secondary N) is 1. The minimum atomic E-state index is -0.887. The van der Waals surface area contributed by atoms with E-state index >= 15 is 0 Å². The van der Waals surface area contributed by atoms with Gasteiger partial charge in [-0.05, 0) is 31.7 Å². The number of thioether (sulfide) groups is 1. The van der Waals surface area contributed by atoms with E-state index in [0.29, 0.717) is 12.3 Å². The Morgan fingerprint density at radius 2 is 2.29 bits per heavy atom. The molecule has 0 aromatic heterocycles. The van der Waals surface area contributed by atoms with Crippen molar-refractivity contribution in [1.29, 1.82) is 0 Å². The number of halogens is 1. The molecule has 1 unspecified atom stereocenters. The molecule has 1 atom stereocenters. The smallest absolute Gasteiger partial charge is 0.324 e. The highest BCUT2D eigenvalue weighted by molar-refractivity contribution is 9.10. The van der Waals surface area contributed by atoms with Crippen LogP contribution >= 0.6 is 27.7 Å². The third kappa shape index (κ3) is 4.33. The molecule has 0 heterocycles. The fraction of sp³-hybridized carbons (Fsp3) is 0.417. The Morgan fingerprint density at radius 3 is 2.82 bits per heavy atom. The van der Waals surface area contributed by atoms with Crippen LogP contribution in [0.5, 0.6) is 0 Å². The number of benzene rings is 1. The van der Waals surface area contributed by atoms with Crippen LogP contribution in [0.1, 0.15) is 13.8 Å². The van der Waals surface area contributed by atoms with Gasteiger partial charge in [0.15, 0.2) is 0 Å². The Labute approximate surface area is 114 Å². The monoisotopic (exact) mass is 317 g/mol. The SMILES string of the molecule is CCNC(C)(CSc1cccc(Br)c1)C(=O)O. The largest absolute Gasteiger partial charge is 0.480 e. The van der Waals surface area contributed by atoms with E-state index in [1.807, 2.05) is 31.2 Å². The van der Waals surface area contributed by atoms with Gasteiger partial charge >= 0.3 is 5.97 Å². The van der Waals surface area contributed by atoms with E-state index in [-0.39, 0.29) is 0 Å². The maximum absolute atomic E-state index is 11.2. The molecule has 0 bridgehead atoms. The van der Waals surface area contributed by atoms with E-state index < -0.39 is 11.5 Å². The normalized spacial score (nSPS) is 14.3. The fourth-order valence-corrected chi connectivity index (χ4v) is 2.98. The van der Waals surface area contributed by atoms with Gasteiger partial charge in [-0.3, -0.25) is 4.79 Å². The second kappa shape index (κ2) is 6.42. The third-order valence-corrected chi connectivity index (χ3v) is 4.16. The van der Waals surface area contributed by atoms with Gasteiger partial charge in [-0.15, -0.1) is 11.8 Å². The van der Waals surface area contributed by atoms with E-state index in [9.17, 15) is 9.90 Å². The summed E-state index contributed by atoms with van der Waals surface area (Å²) in [6.07, 6.45) is 0. The summed E-state index contributed by atoms with van der Waals surface area (Å²) in [7, 11) is 0. The van der Waals surface area contributed by atoms with E-state index in [2.05, 4.69) is 21.2 Å². The van der Waals surface area contributed by atoms with Crippen molar-refractivity contribution in [2.24, 2.45) is 0 Å². The average Bonchev–Trinajstić information content (AvgIpc) is 2.27. The van der Waals surface area contributed by atoms with Crippen molar-refractivity contribution in [2.45, 2.75) is 24.3 Å². The molecule has 94 valence electrons. The summed E-state index contributed by atoms with van der Waals surface area (Å²) in [4.78, 5) is 12.3. The van der Waals surface area contributed by atoms with Crippen LogP contribution in [0.4, 0.5) is 0 Å². The summed E-state index contributed by atoms with van der Waals surface area (Å²) in [6, 6.07) is 7.85. The first-order valence-corrected chi connectivity index (χ1v) is 7.12. The number of carboxylic acids is 1.